The maximum atomic E-state index is 11.8. The summed E-state index contributed by atoms with van der Waals surface area (Å²) in [6.45, 7) is 3.61. The number of aryl methyl sites for hydroxylation is 1. The number of benzene rings is 1. The number of hydrogen-bond acceptors (Lipinski definition) is 3. The highest BCUT2D eigenvalue weighted by molar-refractivity contribution is 5.95. The monoisotopic (exact) mass is 264 g/mol. The molecule has 19 heavy (non-hydrogen) atoms. The topological polar surface area (TPSA) is 78.4 Å². The zero-order valence-electron chi connectivity index (χ0n) is 11.3. The van der Waals surface area contributed by atoms with Crippen molar-refractivity contribution in [3.05, 3.63) is 29.3 Å². The van der Waals surface area contributed by atoms with Gasteiger partial charge in [-0.15, -0.1) is 0 Å². The molecule has 1 atom stereocenters. The molecule has 0 aliphatic rings. The number of aliphatic hydroxyl groups is 1. The van der Waals surface area contributed by atoms with Gasteiger partial charge in [0, 0.05) is 5.69 Å². The van der Waals surface area contributed by atoms with Crippen LogP contribution in [0.25, 0.3) is 0 Å². The molecule has 2 amide bonds. The number of carbonyl (C=O) groups is 2. The van der Waals surface area contributed by atoms with Crippen LogP contribution in [-0.4, -0.2) is 23.5 Å². The molecular weight excluding hydrogens is 244 g/mol. The molecule has 5 nitrogen and oxygen atoms in total. The second kappa shape index (κ2) is 7.53. The van der Waals surface area contributed by atoms with Gasteiger partial charge in [-0.05, 0) is 36.6 Å². The van der Waals surface area contributed by atoms with Gasteiger partial charge in [0.15, 0.2) is 0 Å². The van der Waals surface area contributed by atoms with E-state index in [2.05, 4.69) is 17.6 Å². The summed E-state index contributed by atoms with van der Waals surface area (Å²) in [7, 11) is 0. The number of anilines is 1. The van der Waals surface area contributed by atoms with E-state index in [4.69, 9.17) is 0 Å². The average molecular weight is 264 g/mol. The first kappa shape index (κ1) is 15.2. The molecule has 1 aromatic carbocycles. The second-order valence-corrected chi connectivity index (χ2v) is 4.44. The van der Waals surface area contributed by atoms with Crippen LogP contribution in [0.5, 0.6) is 0 Å². The van der Waals surface area contributed by atoms with E-state index in [0.717, 1.165) is 24.0 Å². The van der Waals surface area contributed by atoms with Crippen LogP contribution in [0.4, 0.5) is 5.69 Å². The van der Waals surface area contributed by atoms with E-state index in [-0.39, 0.29) is 12.5 Å². The van der Waals surface area contributed by atoms with Gasteiger partial charge in [0.2, 0.25) is 12.3 Å². The van der Waals surface area contributed by atoms with E-state index in [1.54, 1.807) is 13.0 Å². The Labute approximate surface area is 113 Å². The minimum Gasteiger partial charge on any atom is -0.392 e. The molecule has 0 fully saturated rings. The minimum absolute atomic E-state index is 0.0669. The van der Waals surface area contributed by atoms with Crippen molar-refractivity contribution < 1.29 is 14.7 Å². The number of carbonyl (C=O) groups excluding carboxylic acids is 2. The molecule has 1 aromatic rings. The summed E-state index contributed by atoms with van der Waals surface area (Å²) in [6.07, 6.45) is 2.38. The first-order chi connectivity index (χ1) is 9.10. The predicted molar refractivity (Wildman–Crippen MR) is 73.7 cm³/mol. The molecule has 1 rings (SSSR count). The summed E-state index contributed by atoms with van der Waals surface area (Å²) in [5.74, 6) is -0.287. The highest BCUT2D eigenvalue weighted by Gasteiger charge is 2.12. The number of hydrogen-bond donors (Lipinski definition) is 3. The van der Waals surface area contributed by atoms with Crippen LogP contribution in [0, 0.1) is 0 Å². The Bertz CT molecular complexity index is 446. The van der Waals surface area contributed by atoms with Gasteiger partial charge in [-0.1, -0.05) is 19.4 Å². The molecule has 0 spiro atoms. The zero-order valence-corrected chi connectivity index (χ0v) is 11.3. The van der Waals surface area contributed by atoms with E-state index >= 15 is 0 Å². The van der Waals surface area contributed by atoms with Crippen molar-refractivity contribution in [1.82, 2.24) is 5.32 Å². The van der Waals surface area contributed by atoms with Gasteiger partial charge in [0.05, 0.1) is 6.61 Å². The van der Waals surface area contributed by atoms with Crippen molar-refractivity contribution in [3.63, 3.8) is 0 Å². The summed E-state index contributed by atoms with van der Waals surface area (Å²) in [4.78, 5) is 22.1. The summed E-state index contributed by atoms with van der Waals surface area (Å²) in [6, 6.07) is 4.94. The maximum absolute atomic E-state index is 11.8. The van der Waals surface area contributed by atoms with Crippen molar-refractivity contribution in [2.24, 2.45) is 0 Å². The normalized spacial score (nSPS) is 11.7. The van der Waals surface area contributed by atoms with E-state index in [1.165, 1.54) is 0 Å². The Kier molecular flexibility index (Phi) is 6.02. The van der Waals surface area contributed by atoms with Crippen molar-refractivity contribution in [2.45, 2.75) is 39.3 Å². The van der Waals surface area contributed by atoms with Crippen LogP contribution in [0.15, 0.2) is 18.2 Å². The van der Waals surface area contributed by atoms with E-state index < -0.39 is 6.04 Å². The summed E-state index contributed by atoms with van der Waals surface area (Å²) in [5.41, 5.74) is 2.47. The van der Waals surface area contributed by atoms with Gasteiger partial charge in [-0.3, -0.25) is 9.59 Å². The molecule has 0 aliphatic heterocycles. The molecule has 0 radical (unpaired) electrons. The second-order valence-electron chi connectivity index (χ2n) is 4.44. The van der Waals surface area contributed by atoms with Crippen molar-refractivity contribution in [3.8, 4) is 0 Å². The third-order valence-corrected chi connectivity index (χ3v) is 2.75. The number of amides is 2. The van der Waals surface area contributed by atoms with Crippen LogP contribution in [0.1, 0.15) is 31.4 Å². The lowest BCUT2D eigenvalue weighted by Crippen LogP contribution is -2.37. The third kappa shape index (κ3) is 4.71. The molecule has 3 N–H and O–H groups in total. The Balaban J connectivity index is 2.84. The van der Waals surface area contributed by atoms with Gasteiger partial charge >= 0.3 is 0 Å². The van der Waals surface area contributed by atoms with E-state index in [9.17, 15) is 14.7 Å². The van der Waals surface area contributed by atoms with Crippen LogP contribution < -0.4 is 10.6 Å². The van der Waals surface area contributed by atoms with Crippen molar-refractivity contribution in [1.29, 1.82) is 0 Å². The third-order valence-electron chi connectivity index (χ3n) is 2.75. The number of aliphatic hydroxyl groups excluding tert-OH is 1. The lowest BCUT2D eigenvalue weighted by molar-refractivity contribution is -0.120. The molecule has 0 aliphatic carbocycles. The standard InChI is InChI=1S/C14H20N2O3/c1-3-4-11-5-12(8-17)7-13(6-11)16-14(19)10(2)15-9-18/h5-7,9-10,17H,3-4,8H2,1-2H3,(H,15,18)(H,16,19). The van der Waals surface area contributed by atoms with Gasteiger partial charge in [-0.25, -0.2) is 0 Å². The van der Waals surface area contributed by atoms with E-state index in [0.29, 0.717) is 12.1 Å². The maximum Gasteiger partial charge on any atom is 0.246 e. The molecular formula is C14H20N2O3. The fraction of sp³-hybridized carbons (Fsp3) is 0.429. The van der Waals surface area contributed by atoms with Gasteiger partial charge in [0.25, 0.3) is 0 Å². The predicted octanol–water partition coefficient (Wildman–Crippen LogP) is 1.20. The van der Waals surface area contributed by atoms with Crippen LogP contribution >= 0.6 is 0 Å². The molecule has 0 bridgehead atoms. The first-order valence-electron chi connectivity index (χ1n) is 6.35. The smallest absolute Gasteiger partial charge is 0.246 e. The van der Waals surface area contributed by atoms with Crippen LogP contribution in [0.2, 0.25) is 0 Å². The number of rotatable bonds is 7. The van der Waals surface area contributed by atoms with Crippen LogP contribution in [0.3, 0.4) is 0 Å². The van der Waals surface area contributed by atoms with Crippen molar-refractivity contribution in [2.75, 3.05) is 5.32 Å². The SMILES string of the molecule is CCCc1cc(CO)cc(NC(=O)C(C)NC=O)c1. The minimum atomic E-state index is -0.593. The fourth-order valence-corrected chi connectivity index (χ4v) is 1.79. The molecule has 5 heteroatoms. The fourth-order valence-electron chi connectivity index (χ4n) is 1.79. The van der Waals surface area contributed by atoms with Crippen molar-refractivity contribution >= 4 is 18.0 Å². The quantitative estimate of drug-likeness (QED) is 0.648. The van der Waals surface area contributed by atoms with Crippen LogP contribution in [-0.2, 0) is 22.6 Å². The Morgan fingerprint density at radius 3 is 2.63 bits per heavy atom. The highest BCUT2D eigenvalue weighted by atomic mass is 16.3. The molecule has 0 saturated heterocycles. The summed E-state index contributed by atoms with van der Waals surface area (Å²) >= 11 is 0. The van der Waals surface area contributed by atoms with Gasteiger partial charge in [-0.2, -0.15) is 0 Å². The van der Waals surface area contributed by atoms with Gasteiger partial charge < -0.3 is 15.7 Å². The van der Waals surface area contributed by atoms with E-state index in [1.807, 2.05) is 12.1 Å². The molecule has 0 aromatic heterocycles. The zero-order chi connectivity index (χ0) is 14.3. The first-order valence-corrected chi connectivity index (χ1v) is 6.35. The molecule has 0 saturated carbocycles. The summed E-state index contributed by atoms with van der Waals surface area (Å²) < 4.78 is 0. The average Bonchev–Trinajstić information content (AvgIpc) is 2.39. The lowest BCUT2D eigenvalue weighted by atomic mass is 10.1. The number of nitrogens with one attached hydrogen (secondary N) is 2. The molecule has 0 heterocycles. The largest absolute Gasteiger partial charge is 0.392 e. The molecule has 1 unspecified atom stereocenters. The Hall–Kier alpha value is -1.88. The lowest BCUT2D eigenvalue weighted by Gasteiger charge is -2.13. The summed E-state index contributed by atoms with van der Waals surface area (Å²) in [5, 5.41) is 14.3. The Morgan fingerprint density at radius 1 is 1.37 bits per heavy atom. The van der Waals surface area contributed by atoms with Gasteiger partial charge in [0.1, 0.15) is 6.04 Å². The highest BCUT2D eigenvalue weighted by Crippen LogP contribution is 2.17. The Morgan fingerprint density at radius 2 is 2.05 bits per heavy atom. The molecule has 104 valence electrons.